The summed E-state index contributed by atoms with van der Waals surface area (Å²) in [6, 6.07) is 0. The van der Waals surface area contributed by atoms with Gasteiger partial charge in [-0.2, -0.15) is 0 Å². The van der Waals surface area contributed by atoms with Crippen molar-refractivity contribution in [3.05, 3.63) is 16.3 Å². The van der Waals surface area contributed by atoms with Crippen molar-refractivity contribution >= 4 is 17.2 Å². The average Bonchev–Trinajstić information content (AvgIpc) is 2.51. The Bertz CT molecular complexity index is 504. The summed E-state index contributed by atoms with van der Waals surface area (Å²) in [7, 11) is 0. The number of nitrogens with one attached hydrogen (secondary N) is 1. The molecule has 0 amide bonds. The van der Waals surface area contributed by atoms with Gasteiger partial charge in [0.2, 0.25) is 11.2 Å². The number of hydrogen-bond acceptors (Lipinski definition) is 5. The van der Waals surface area contributed by atoms with Crippen molar-refractivity contribution in [3.8, 4) is 0 Å². The van der Waals surface area contributed by atoms with Crippen molar-refractivity contribution in [2.24, 2.45) is 0 Å². The molecule has 7 heteroatoms. The van der Waals surface area contributed by atoms with E-state index in [1.807, 2.05) is 0 Å². The van der Waals surface area contributed by atoms with Gasteiger partial charge in [-0.1, -0.05) is 5.16 Å². The second kappa shape index (κ2) is 2.47. The molecule has 0 aliphatic rings. The van der Waals surface area contributed by atoms with E-state index >= 15 is 0 Å². The first-order chi connectivity index (χ1) is 6.16. The Morgan fingerprint density at radius 1 is 1.62 bits per heavy atom. The molecule has 13 heavy (non-hydrogen) atoms. The first-order valence-electron chi connectivity index (χ1n) is 3.36. The predicted octanol–water partition coefficient (Wildman–Crippen LogP) is -0.264. The van der Waals surface area contributed by atoms with E-state index in [2.05, 4.69) is 19.1 Å². The Kier molecular flexibility index (Phi) is 1.44. The van der Waals surface area contributed by atoms with Crippen LogP contribution in [0.5, 0.6) is 0 Å². The number of oxazole rings is 1. The van der Waals surface area contributed by atoms with Crippen LogP contribution >= 0.6 is 0 Å². The van der Waals surface area contributed by atoms with E-state index in [0.29, 0.717) is 0 Å². The molecule has 0 unspecified atom stereocenters. The van der Waals surface area contributed by atoms with E-state index < -0.39 is 11.7 Å². The summed E-state index contributed by atoms with van der Waals surface area (Å²) in [5.41, 5.74) is 0.189. The molecule has 0 atom stereocenters. The predicted molar refractivity (Wildman–Crippen MR) is 38.2 cm³/mol. The number of aromatic nitrogens is 2. The van der Waals surface area contributed by atoms with E-state index in [4.69, 9.17) is 5.11 Å². The van der Waals surface area contributed by atoms with E-state index in [0.717, 1.165) is 0 Å². The molecule has 2 heterocycles. The van der Waals surface area contributed by atoms with Crippen LogP contribution in [0.4, 0.5) is 0 Å². The van der Waals surface area contributed by atoms with Gasteiger partial charge in [-0.05, 0) is 0 Å². The van der Waals surface area contributed by atoms with Gasteiger partial charge < -0.3 is 14.0 Å². The number of carboxylic acid groups (broad SMARTS) is 1. The maximum absolute atomic E-state index is 10.6. The number of aromatic amines is 1. The van der Waals surface area contributed by atoms with Gasteiger partial charge in [0.1, 0.15) is 6.42 Å². The van der Waals surface area contributed by atoms with Crippen LogP contribution in [0.2, 0.25) is 0 Å². The highest BCUT2D eigenvalue weighted by atomic mass is 16.5. The van der Waals surface area contributed by atoms with Crippen molar-refractivity contribution in [1.29, 1.82) is 0 Å². The Labute approximate surface area is 69.9 Å². The van der Waals surface area contributed by atoms with Gasteiger partial charge in [0.05, 0.1) is 0 Å². The molecular weight excluding hydrogens is 180 g/mol. The molecule has 0 fully saturated rings. The second-order valence-electron chi connectivity index (χ2n) is 2.37. The first-order valence-corrected chi connectivity index (χ1v) is 3.36. The third kappa shape index (κ3) is 1.19. The second-order valence-corrected chi connectivity index (χ2v) is 2.37. The number of carbonyl (C=O) groups is 1. The van der Waals surface area contributed by atoms with Crippen molar-refractivity contribution in [3.63, 3.8) is 0 Å². The molecule has 0 radical (unpaired) electrons. The average molecular weight is 184 g/mol. The van der Waals surface area contributed by atoms with Crippen molar-refractivity contribution < 1.29 is 18.8 Å². The lowest BCUT2D eigenvalue weighted by Crippen LogP contribution is -1.99. The van der Waals surface area contributed by atoms with E-state index in [1.165, 1.54) is 0 Å². The minimum Gasteiger partial charge on any atom is -0.481 e. The largest absolute Gasteiger partial charge is 0.481 e. The third-order valence-corrected chi connectivity index (χ3v) is 1.44. The Morgan fingerprint density at radius 2 is 2.38 bits per heavy atom. The van der Waals surface area contributed by atoms with Crippen LogP contribution in [-0.2, 0) is 11.2 Å². The molecule has 0 aliphatic carbocycles. The molecule has 2 N–H and O–H groups in total. The number of hydrogen-bond donors (Lipinski definition) is 2. The van der Waals surface area contributed by atoms with Crippen molar-refractivity contribution in [2.45, 2.75) is 6.42 Å². The monoisotopic (exact) mass is 184 g/mol. The molecule has 0 aromatic carbocycles. The lowest BCUT2D eigenvalue weighted by Gasteiger charge is -1.84. The van der Waals surface area contributed by atoms with Gasteiger partial charge in [0, 0.05) is 0 Å². The normalized spacial score (nSPS) is 10.8. The first kappa shape index (κ1) is 7.59. The van der Waals surface area contributed by atoms with Crippen LogP contribution in [0.1, 0.15) is 5.76 Å². The number of fused-ring (bicyclic) bond motifs is 1. The quantitative estimate of drug-likeness (QED) is 0.665. The summed E-state index contributed by atoms with van der Waals surface area (Å²) in [4.78, 5) is 23.2. The standard InChI is InChI=1S/C6H4N2O5/c9-3(10)1-2-4-5(8-13-2)7-6(11)12-4/h1H2,(H,9,10)(H,7,8,11). The van der Waals surface area contributed by atoms with Crippen LogP contribution < -0.4 is 5.76 Å². The topological polar surface area (TPSA) is 109 Å². The molecular formula is C6H4N2O5. The number of aliphatic carboxylic acids is 1. The van der Waals surface area contributed by atoms with Gasteiger partial charge >= 0.3 is 11.7 Å². The fourth-order valence-electron chi connectivity index (χ4n) is 0.965. The smallest absolute Gasteiger partial charge is 0.418 e. The Balaban J connectivity index is 2.56. The van der Waals surface area contributed by atoms with Gasteiger partial charge in [0.15, 0.2) is 5.76 Å². The summed E-state index contributed by atoms with van der Waals surface area (Å²) in [5, 5.41) is 11.8. The van der Waals surface area contributed by atoms with E-state index in [1.54, 1.807) is 0 Å². The number of nitrogens with zero attached hydrogens (tertiary/aromatic N) is 1. The lowest BCUT2D eigenvalue weighted by molar-refractivity contribution is -0.136. The highest BCUT2D eigenvalue weighted by Gasteiger charge is 2.16. The van der Waals surface area contributed by atoms with Gasteiger partial charge in [-0.25, -0.2) is 4.79 Å². The highest BCUT2D eigenvalue weighted by molar-refractivity contribution is 5.77. The zero-order valence-corrected chi connectivity index (χ0v) is 6.23. The highest BCUT2D eigenvalue weighted by Crippen LogP contribution is 2.14. The Hall–Kier alpha value is -2.05. The number of H-pyrrole nitrogens is 1. The van der Waals surface area contributed by atoms with E-state index in [9.17, 15) is 9.59 Å². The van der Waals surface area contributed by atoms with Crippen molar-refractivity contribution in [1.82, 2.24) is 10.1 Å². The number of rotatable bonds is 2. The fraction of sp³-hybridized carbons (Fsp3) is 0.167. The summed E-state index contributed by atoms with van der Waals surface area (Å²) in [5.74, 6) is -1.73. The molecule has 0 saturated heterocycles. The summed E-state index contributed by atoms with van der Waals surface area (Å²) in [6.45, 7) is 0. The van der Waals surface area contributed by atoms with Crippen LogP contribution in [0.25, 0.3) is 11.2 Å². The minimum absolute atomic E-state index is 0.0286. The zero-order valence-electron chi connectivity index (χ0n) is 6.23. The SMILES string of the molecule is O=C(O)Cc1onc2[nH]c(=O)oc12. The number of carboxylic acids is 1. The molecule has 0 saturated carbocycles. The molecule has 0 aliphatic heterocycles. The maximum Gasteiger partial charge on any atom is 0.418 e. The molecule has 68 valence electrons. The van der Waals surface area contributed by atoms with Gasteiger partial charge in [0.25, 0.3) is 0 Å². The molecule has 0 bridgehead atoms. The van der Waals surface area contributed by atoms with Crippen LogP contribution in [0.3, 0.4) is 0 Å². The summed E-state index contributed by atoms with van der Waals surface area (Å²) >= 11 is 0. The van der Waals surface area contributed by atoms with Crippen LogP contribution in [0, 0.1) is 0 Å². The third-order valence-electron chi connectivity index (χ3n) is 1.44. The molecule has 2 aromatic rings. The summed E-state index contributed by atoms with van der Waals surface area (Å²) < 4.78 is 9.24. The lowest BCUT2D eigenvalue weighted by atomic mass is 10.3. The zero-order chi connectivity index (χ0) is 9.42. The van der Waals surface area contributed by atoms with Crippen LogP contribution in [-0.4, -0.2) is 21.2 Å². The Morgan fingerprint density at radius 3 is 3.08 bits per heavy atom. The van der Waals surface area contributed by atoms with E-state index in [-0.39, 0.29) is 23.4 Å². The van der Waals surface area contributed by atoms with Crippen molar-refractivity contribution in [2.75, 3.05) is 0 Å². The molecule has 0 spiro atoms. The van der Waals surface area contributed by atoms with Crippen LogP contribution in [0.15, 0.2) is 13.7 Å². The summed E-state index contributed by atoms with van der Waals surface area (Å²) in [6.07, 6.45) is -0.364. The van der Waals surface area contributed by atoms with Gasteiger partial charge in [-0.3, -0.25) is 9.78 Å². The minimum atomic E-state index is -1.08. The molecule has 7 nitrogen and oxygen atoms in total. The van der Waals surface area contributed by atoms with Gasteiger partial charge in [-0.15, -0.1) is 0 Å². The molecule has 2 rings (SSSR count). The fourth-order valence-corrected chi connectivity index (χ4v) is 0.965. The maximum atomic E-state index is 10.6. The molecule has 2 aromatic heterocycles.